The summed E-state index contributed by atoms with van der Waals surface area (Å²) in [6.45, 7) is 4.40. The number of nitrogens with one attached hydrogen (secondary N) is 1. The number of halogens is 1. The van der Waals surface area contributed by atoms with Gasteiger partial charge in [0.05, 0.1) is 13.2 Å². The molecule has 0 aliphatic rings. The zero-order valence-electron chi connectivity index (χ0n) is 13.0. The summed E-state index contributed by atoms with van der Waals surface area (Å²) in [4.78, 5) is 0. The molecular weight excluding hydrogens is 282 g/mol. The van der Waals surface area contributed by atoms with Crippen LogP contribution in [0, 0.1) is 0 Å². The maximum Gasteiger partial charge on any atom is 0.124 e. The topological polar surface area (TPSA) is 21.3 Å². The second kappa shape index (κ2) is 6.97. The van der Waals surface area contributed by atoms with Crippen molar-refractivity contribution in [3.8, 4) is 5.75 Å². The summed E-state index contributed by atoms with van der Waals surface area (Å²) in [6.07, 6.45) is 0. The Hall–Kier alpha value is -1.51. The Morgan fingerprint density at radius 1 is 1.00 bits per heavy atom. The third kappa shape index (κ3) is 3.58. The van der Waals surface area contributed by atoms with Crippen LogP contribution in [-0.2, 0) is 0 Å². The van der Waals surface area contributed by atoms with Crippen LogP contribution in [0.5, 0.6) is 5.75 Å². The molecule has 0 heterocycles. The van der Waals surface area contributed by atoms with Crippen LogP contribution in [-0.4, -0.2) is 14.2 Å². The van der Waals surface area contributed by atoms with Gasteiger partial charge in [0.2, 0.25) is 0 Å². The molecule has 112 valence electrons. The van der Waals surface area contributed by atoms with Gasteiger partial charge in [-0.05, 0) is 42.3 Å². The molecule has 1 atom stereocenters. The van der Waals surface area contributed by atoms with E-state index in [0.29, 0.717) is 10.9 Å². The van der Waals surface area contributed by atoms with Crippen molar-refractivity contribution in [1.29, 1.82) is 0 Å². The third-order valence-electron chi connectivity index (χ3n) is 3.73. The smallest absolute Gasteiger partial charge is 0.124 e. The van der Waals surface area contributed by atoms with Gasteiger partial charge in [-0.1, -0.05) is 49.7 Å². The second-order valence-corrected chi connectivity index (χ2v) is 5.87. The lowest BCUT2D eigenvalue weighted by atomic mass is 9.95. The highest BCUT2D eigenvalue weighted by molar-refractivity contribution is 6.30. The van der Waals surface area contributed by atoms with Crippen LogP contribution in [0.4, 0.5) is 0 Å². The first-order valence-electron chi connectivity index (χ1n) is 7.17. The van der Waals surface area contributed by atoms with Crippen LogP contribution in [0.2, 0.25) is 5.02 Å². The Morgan fingerprint density at radius 3 is 2.14 bits per heavy atom. The highest BCUT2D eigenvalue weighted by Gasteiger charge is 2.17. The molecule has 0 amide bonds. The fraction of sp³-hybridized carbons (Fsp3) is 0.333. The molecule has 0 fully saturated rings. The maximum atomic E-state index is 6.15. The molecular formula is C18H22ClNO. The standard InChI is InChI=1S/C18H22ClNO/c1-12(2)13-5-7-14(8-6-13)18(20-3)16-11-15(19)9-10-17(16)21-4/h5-12,18,20H,1-4H3. The first kappa shape index (κ1) is 15.9. The zero-order chi connectivity index (χ0) is 15.4. The van der Waals surface area contributed by atoms with Gasteiger partial charge >= 0.3 is 0 Å². The van der Waals surface area contributed by atoms with Crippen LogP contribution in [0.3, 0.4) is 0 Å². The molecule has 0 spiro atoms. The predicted octanol–water partition coefficient (Wildman–Crippen LogP) is 4.78. The third-order valence-corrected chi connectivity index (χ3v) is 3.96. The lowest BCUT2D eigenvalue weighted by Gasteiger charge is -2.21. The lowest BCUT2D eigenvalue weighted by Crippen LogP contribution is -2.18. The molecule has 0 aliphatic heterocycles. The molecule has 2 aromatic carbocycles. The van der Waals surface area contributed by atoms with Gasteiger partial charge in [0.15, 0.2) is 0 Å². The van der Waals surface area contributed by atoms with Crippen molar-refractivity contribution in [3.05, 3.63) is 64.2 Å². The number of rotatable bonds is 5. The van der Waals surface area contributed by atoms with Crippen molar-refractivity contribution >= 4 is 11.6 Å². The van der Waals surface area contributed by atoms with Crippen molar-refractivity contribution < 1.29 is 4.74 Å². The lowest BCUT2D eigenvalue weighted by molar-refractivity contribution is 0.405. The molecule has 2 rings (SSSR count). The highest BCUT2D eigenvalue weighted by Crippen LogP contribution is 2.32. The van der Waals surface area contributed by atoms with E-state index in [0.717, 1.165) is 11.3 Å². The van der Waals surface area contributed by atoms with Gasteiger partial charge in [0, 0.05) is 10.6 Å². The molecule has 2 aromatic rings. The fourth-order valence-electron chi connectivity index (χ4n) is 2.51. The van der Waals surface area contributed by atoms with Gasteiger partial charge in [-0.2, -0.15) is 0 Å². The quantitative estimate of drug-likeness (QED) is 0.858. The number of ether oxygens (including phenoxy) is 1. The van der Waals surface area contributed by atoms with E-state index in [1.807, 2.05) is 25.2 Å². The van der Waals surface area contributed by atoms with Crippen molar-refractivity contribution in [2.45, 2.75) is 25.8 Å². The maximum absolute atomic E-state index is 6.15. The summed E-state index contributed by atoms with van der Waals surface area (Å²) >= 11 is 6.15. The van der Waals surface area contributed by atoms with Crippen LogP contribution in [0.15, 0.2) is 42.5 Å². The van der Waals surface area contributed by atoms with Crippen molar-refractivity contribution in [3.63, 3.8) is 0 Å². The number of methoxy groups -OCH3 is 1. The number of benzene rings is 2. The van der Waals surface area contributed by atoms with Gasteiger partial charge in [0.25, 0.3) is 0 Å². The molecule has 0 bridgehead atoms. The Bertz CT molecular complexity index is 593. The molecule has 3 heteroatoms. The van der Waals surface area contributed by atoms with Gasteiger partial charge < -0.3 is 10.1 Å². The average Bonchev–Trinajstić information content (AvgIpc) is 2.49. The molecule has 2 nitrogen and oxygen atoms in total. The monoisotopic (exact) mass is 303 g/mol. The summed E-state index contributed by atoms with van der Waals surface area (Å²) in [7, 11) is 3.63. The summed E-state index contributed by atoms with van der Waals surface area (Å²) in [6, 6.07) is 14.5. The zero-order valence-corrected chi connectivity index (χ0v) is 13.7. The SMILES string of the molecule is CNC(c1ccc(C(C)C)cc1)c1cc(Cl)ccc1OC. The Balaban J connectivity index is 2.41. The van der Waals surface area contributed by atoms with E-state index >= 15 is 0 Å². The average molecular weight is 304 g/mol. The number of hydrogen-bond acceptors (Lipinski definition) is 2. The molecule has 21 heavy (non-hydrogen) atoms. The van der Waals surface area contributed by atoms with Gasteiger partial charge in [-0.15, -0.1) is 0 Å². The van der Waals surface area contributed by atoms with E-state index < -0.39 is 0 Å². The van der Waals surface area contributed by atoms with Crippen molar-refractivity contribution in [2.24, 2.45) is 0 Å². The van der Waals surface area contributed by atoms with Gasteiger partial charge in [-0.3, -0.25) is 0 Å². The van der Waals surface area contributed by atoms with Crippen LogP contribution in [0.25, 0.3) is 0 Å². The molecule has 1 unspecified atom stereocenters. The Morgan fingerprint density at radius 2 is 1.62 bits per heavy atom. The molecule has 1 N–H and O–H groups in total. The minimum atomic E-state index is 0.0554. The first-order valence-corrected chi connectivity index (χ1v) is 7.55. The van der Waals surface area contributed by atoms with Gasteiger partial charge in [-0.25, -0.2) is 0 Å². The van der Waals surface area contributed by atoms with Crippen LogP contribution in [0.1, 0.15) is 42.5 Å². The van der Waals surface area contributed by atoms with E-state index in [2.05, 4.69) is 43.4 Å². The Kier molecular flexibility index (Phi) is 5.27. The fourth-order valence-corrected chi connectivity index (χ4v) is 2.69. The van der Waals surface area contributed by atoms with E-state index in [1.165, 1.54) is 11.1 Å². The van der Waals surface area contributed by atoms with Crippen LogP contribution < -0.4 is 10.1 Å². The highest BCUT2D eigenvalue weighted by atomic mass is 35.5. The minimum absolute atomic E-state index is 0.0554. The first-order chi connectivity index (χ1) is 10.1. The molecule has 0 aliphatic carbocycles. The largest absolute Gasteiger partial charge is 0.496 e. The second-order valence-electron chi connectivity index (χ2n) is 5.43. The van der Waals surface area contributed by atoms with E-state index in [4.69, 9.17) is 16.3 Å². The molecule has 0 aromatic heterocycles. The van der Waals surface area contributed by atoms with Crippen molar-refractivity contribution in [1.82, 2.24) is 5.32 Å². The molecule has 0 saturated heterocycles. The normalized spacial score (nSPS) is 12.5. The van der Waals surface area contributed by atoms with E-state index in [1.54, 1.807) is 7.11 Å². The minimum Gasteiger partial charge on any atom is -0.496 e. The Labute approximate surface area is 132 Å². The summed E-state index contributed by atoms with van der Waals surface area (Å²) < 4.78 is 5.47. The molecule has 0 radical (unpaired) electrons. The van der Waals surface area contributed by atoms with E-state index in [9.17, 15) is 0 Å². The number of hydrogen-bond donors (Lipinski definition) is 1. The summed E-state index contributed by atoms with van der Waals surface area (Å²) in [5, 5.41) is 4.06. The summed E-state index contributed by atoms with van der Waals surface area (Å²) in [5.74, 6) is 1.37. The van der Waals surface area contributed by atoms with Crippen LogP contribution >= 0.6 is 11.6 Å². The predicted molar refractivity (Wildman–Crippen MR) is 89.4 cm³/mol. The van der Waals surface area contributed by atoms with Gasteiger partial charge in [0.1, 0.15) is 5.75 Å². The summed E-state index contributed by atoms with van der Waals surface area (Å²) in [5.41, 5.74) is 3.58. The van der Waals surface area contributed by atoms with E-state index in [-0.39, 0.29) is 6.04 Å². The molecule has 0 saturated carbocycles. The van der Waals surface area contributed by atoms with Crippen molar-refractivity contribution in [2.75, 3.05) is 14.2 Å².